The molecule has 92 valence electrons. The van der Waals surface area contributed by atoms with E-state index in [1.807, 2.05) is 37.3 Å². The first-order chi connectivity index (χ1) is 8.11. The molecule has 17 heavy (non-hydrogen) atoms. The number of hydrogen-bond acceptors (Lipinski definition) is 3. The van der Waals surface area contributed by atoms with E-state index in [0.717, 1.165) is 10.6 Å². The van der Waals surface area contributed by atoms with Crippen LogP contribution in [0.3, 0.4) is 0 Å². The minimum atomic E-state index is -0.324. The van der Waals surface area contributed by atoms with Crippen LogP contribution in [0.5, 0.6) is 0 Å². The Hall–Kier alpha value is -1.71. The van der Waals surface area contributed by atoms with Gasteiger partial charge in [0.05, 0.1) is 11.3 Å². The van der Waals surface area contributed by atoms with Gasteiger partial charge in [0.25, 0.3) is 0 Å². The number of nitroso groups, excluding NO2 is 1. The molecule has 0 aromatic heterocycles. The molecule has 0 spiro atoms. The third-order valence-electron chi connectivity index (χ3n) is 3.00. The van der Waals surface area contributed by atoms with Crippen LogP contribution in [-0.4, -0.2) is 10.9 Å². The molecule has 4 nitrogen and oxygen atoms in total. The summed E-state index contributed by atoms with van der Waals surface area (Å²) in [5.41, 5.74) is 0.906. The number of nitrogens with zero attached hydrogens (tertiary/aromatic N) is 2. The number of rotatable bonds is 5. The van der Waals surface area contributed by atoms with Gasteiger partial charge in [-0.15, -0.1) is 4.91 Å². The average Bonchev–Trinajstić information content (AvgIpc) is 2.39. The van der Waals surface area contributed by atoms with Crippen molar-refractivity contribution in [2.45, 2.75) is 33.2 Å². The van der Waals surface area contributed by atoms with Crippen molar-refractivity contribution in [1.29, 1.82) is 0 Å². The van der Waals surface area contributed by atoms with Crippen molar-refractivity contribution in [3.05, 3.63) is 40.8 Å². The molecular weight excluding hydrogens is 216 g/mol. The molecule has 1 rings (SSSR count). The number of carbonyl (C=O) groups excluding carboxylic acids is 1. The van der Waals surface area contributed by atoms with Gasteiger partial charge in [0.15, 0.2) is 0 Å². The van der Waals surface area contributed by atoms with Crippen LogP contribution in [0, 0.1) is 10.8 Å². The molecule has 0 N–H and O–H groups in total. The van der Waals surface area contributed by atoms with Crippen LogP contribution in [0.1, 0.15) is 38.8 Å². The van der Waals surface area contributed by atoms with Crippen LogP contribution in [-0.2, 0) is 4.79 Å². The van der Waals surface area contributed by atoms with E-state index < -0.39 is 0 Å². The summed E-state index contributed by atoms with van der Waals surface area (Å²) in [6.07, 6.45) is 0.701. The first-order valence-electron chi connectivity index (χ1n) is 5.83. The SMILES string of the molecule is CCC(C)C(=O)N(N=O)C(C)c1ccccc1. The lowest BCUT2D eigenvalue weighted by atomic mass is 10.0. The van der Waals surface area contributed by atoms with Gasteiger partial charge in [0, 0.05) is 5.92 Å². The molecule has 4 heteroatoms. The Bertz CT molecular complexity index is 378. The third-order valence-corrected chi connectivity index (χ3v) is 3.00. The first-order valence-corrected chi connectivity index (χ1v) is 5.83. The number of carbonyl (C=O) groups is 1. The van der Waals surface area contributed by atoms with Gasteiger partial charge in [-0.3, -0.25) is 4.79 Å². The van der Waals surface area contributed by atoms with Gasteiger partial charge in [-0.05, 0) is 18.9 Å². The fourth-order valence-corrected chi connectivity index (χ4v) is 1.57. The highest BCUT2D eigenvalue weighted by atomic mass is 16.3. The number of amides is 1. The summed E-state index contributed by atoms with van der Waals surface area (Å²) in [5, 5.41) is 3.90. The van der Waals surface area contributed by atoms with E-state index in [4.69, 9.17) is 0 Å². The lowest BCUT2D eigenvalue weighted by molar-refractivity contribution is -0.137. The molecule has 1 aromatic rings. The van der Waals surface area contributed by atoms with E-state index in [9.17, 15) is 9.70 Å². The van der Waals surface area contributed by atoms with Crippen LogP contribution in [0.25, 0.3) is 0 Å². The normalized spacial score (nSPS) is 13.8. The van der Waals surface area contributed by atoms with Gasteiger partial charge < -0.3 is 0 Å². The highest BCUT2D eigenvalue weighted by Gasteiger charge is 2.25. The van der Waals surface area contributed by atoms with Gasteiger partial charge in [-0.25, -0.2) is 0 Å². The molecule has 0 aliphatic rings. The lowest BCUT2D eigenvalue weighted by Gasteiger charge is -2.23. The van der Waals surface area contributed by atoms with E-state index in [-0.39, 0.29) is 17.9 Å². The van der Waals surface area contributed by atoms with Crippen LogP contribution in [0.2, 0.25) is 0 Å². The standard InChI is InChI=1S/C13H18N2O2/c1-4-10(2)13(16)15(14-17)11(3)12-8-6-5-7-9-12/h5-11H,4H2,1-3H3. The predicted molar refractivity (Wildman–Crippen MR) is 67.0 cm³/mol. The zero-order valence-electron chi connectivity index (χ0n) is 10.5. The quantitative estimate of drug-likeness (QED) is 0.579. The van der Waals surface area contributed by atoms with Gasteiger partial charge in [0.2, 0.25) is 5.91 Å². The zero-order valence-corrected chi connectivity index (χ0v) is 10.5. The fourth-order valence-electron chi connectivity index (χ4n) is 1.57. The Labute approximate surface area is 102 Å². The molecule has 0 aliphatic carbocycles. The molecule has 0 fully saturated rings. The minimum absolute atomic E-state index is 0.182. The Kier molecular flexibility index (Phi) is 4.82. The first kappa shape index (κ1) is 13.4. The maximum Gasteiger partial charge on any atom is 0.248 e. The van der Waals surface area contributed by atoms with Crippen molar-refractivity contribution in [3.8, 4) is 0 Å². The molecule has 0 saturated carbocycles. The molecule has 0 heterocycles. The van der Waals surface area contributed by atoms with E-state index in [1.165, 1.54) is 0 Å². The minimum Gasteiger partial charge on any atom is -0.273 e. The van der Waals surface area contributed by atoms with Crippen LogP contribution in [0.4, 0.5) is 0 Å². The molecule has 0 aliphatic heterocycles. The molecule has 1 aromatic carbocycles. The molecule has 2 unspecified atom stereocenters. The average molecular weight is 234 g/mol. The summed E-state index contributed by atoms with van der Waals surface area (Å²) >= 11 is 0. The Morgan fingerprint density at radius 1 is 1.29 bits per heavy atom. The summed E-state index contributed by atoms with van der Waals surface area (Å²) in [5.74, 6) is -0.405. The Balaban J connectivity index is 2.88. The fraction of sp³-hybridized carbons (Fsp3) is 0.462. The van der Waals surface area contributed by atoms with Crippen LogP contribution in [0.15, 0.2) is 35.6 Å². The molecule has 0 radical (unpaired) electrons. The third kappa shape index (κ3) is 3.12. The van der Waals surface area contributed by atoms with Gasteiger partial charge in [-0.1, -0.05) is 44.2 Å². The molecule has 0 bridgehead atoms. The topological polar surface area (TPSA) is 49.7 Å². The second-order valence-corrected chi connectivity index (χ2v) is 4.16. The second kappa shape index (κ2) is 6.13. The van der Waals surface area contributed by atoms with Crippen molar-refractivity contribution >= 4 is 5.91 Å². The van der Waals surface area contributed by atoms with E-state index in [2.05, 4.69) is 5.29 Å². The van der Waals surface area contributed by atoms with Gasteiger partial charge in [0.1, 0.15) is 0 Å². The van der Waals surface area contributed by atoms with E-state index in [0.29, 0.717) is 6.42 Å². The van der Waals surface area contributed by atoms with Crippen molar-refractivity contribution < 1.29 is 4.79 Å². The highest BCUT2D eigenvalue weighted by molar-refractivity contribution is 5.78. The summed E-state index contributed by atoms with van der Waals surface area (Å²) in [4.78, 5) is 22.8. The molecule has 0 saturated heterocycles. The zero-order chi connectivity index (χ0) is 12.8. The van der Waals surface area contributed by atoms with Crippen molar-refractivity contribution in [3.63, 3.8) is 0 Å². The van der Waals surface area contributed by atoms with E-state index in [1.54, 1.807) is 13.8 Å². The highest BCUT2D eigenvalue weighted by Crippen LogP contribution is 2.22. The van der Waals surface area contributed by atoms with Gasteiger partial charge in [-0.2, -0.15) is 5.01 Å². The lowest BCUT2D eigenvalue weighted by Crippen LogP contribution is -2.32. The molecular formula is C13H18N2O2. The predicted octanol–water partition coefficient (Wildman–Crippen LogP) is 3.30. The summed E-state index contributed by atoms with van der Waals surface area (Å²) in [7, 11) is 0. The Morgan fingerprint density at radius 2 is 1.88 bits per heavy atom. The van der Waals surface area contributed by atoms with E-state index >= 15 is 0 Å². The van der Waals surface area contributed by atoms with Crippen molar-refractivity contribution in [2.75, 3.05) is 0 Å². The maximum absolute atomic E-state index is 12.0. The van der Waals surface area contributed by atoms with Gasteiger partial charge >= 0.3 is 0 Å². The van der Waals surface area contributed by atoms with Crippen LogP contribution >= 0.6 is 0 Å². The van der Waals surface area contributed by atoms with Crippen molar-refractivity contribution in [1.82, 2.24) is 5.01 Å². The molecule has 2 atom stereocenters. The second-order valence-electron chi connectivity index (χ2n) is 4.16. The summed E-state index contributed by atoms with van der Waals surface area (Å²) in [6, 6.07) is 9.09. The summed E-state index contributed by atoms with van der Waals surface area (Å²) < 4.78 is 0. The number of hydrogen-bond donors (Lipinski definition) is 0. The summed E-state index contributed by atoms with van der Waals surface area (Å²) in [6.45, 7) is 5.52. The Morgan fingerprint density at radius 3 is 2.35 bits per heavy atom. The number of benzene rings is 1. The molecule has 1 amide bonds. The van der Waals surface area contributed by atoms with Crippen molar-refractivity contribution in [2.24, 2.45) is 11.2 Å². The smallest absolute Gasteiger partial charge is 0.248 e. The monoisotopic (exact) mass is 234 g/mol. The largest absolute Gasteiger partial charge is 0.273 e. The maximum atomic E-state index is 12.0. The van der Waals surface area contributed by atoms with Crippen LogP contribution < -0.4 is 0 Å².